The van der Waals surface area contributed by atoms with Crippen molar-refractivity contribution < 1.29 is 14.6 Å². The highest BCUT2D eigenvalue weighted by atomic mass is 35.5. The lowest BCUT2D eigenvalue weighted by Crippen LogP contribution is -2.58. The molecule has 0 unspecified atom stereocenters. The molecule has 3 aliphatic carbocycles. The standard InChI is InChI=1S/C25H24N6O3.ClH/c1-34-19-9-18-22(28-23(19)29-24(33)25-10-15(11-25)12-25)21(27-14-26-18)17-13-31(7-8-32)30-20(17)16-5-3-2-4-6-16;/h2-6,9,13-15,32H,7-8,10-12H2,1H3,(H,28,29,33);1H. The van der Waals surface area contributed by atoms with Gasteiger partial charge in [-0.3, -0.25) is 9.48 Å². The van der Waals surface area contributed by atoms with Crippen molar-refractivity contribution in [2.75, 3.05) is 19.0 Å². The fourth-order valence-corrected chi connectivity index (χ4v) is 5.03. The molecule has 10 heteroatoms. The molecule has 0 radical (unpaired) electrons. The van der Waals surface area contributed by atoms with Gasteiger partial charge in [0.2, 0.25) is 5.91 Å². The maximum Gasteiger partial charge on any atom is 0.231 e. The molecule has 3 aromatic heterocycles. The lowest BCUT2D eigenvalue weighted by Gasteiger charge is -2.59. The number of halogens is 1. The average molecular weight is 493 g/mol. The van der Waals surface area contributed by atoms with Gasteiger partial charge in [-0.05, 0) is 25.2 Å². The number of amides is 1. The molecule has 0 spiro atoms. The van der Waals surface area contributed by atoms with E-state index in [1.807, 2.05) is 36.5 Å². The second kappa shape index (κ2) is 8.90. The van der Waals surface area contributed by atoms with Gasteiger partial charge < -0.3 is 15.2 Å². The molecule has 3 fully saturated rings. The molecule has 2 bridgehead atoms. The summed E-state index contributed by atoms with van der Waals surface area (Å²) in [7, 11) is 1.55. The van der Waals surface area contributed by atoms with Crippen molar-refractivity contribution in [3.8, 4) is 28.3 Å². The Balaban J connectivity index is 0.00000253. The molecule has 3 saturated carbocycles. The lowest BCUT2D eigenvalue weighted by molar-refractivity contribution is -0.158. The van der Waals surface area contributed by atoms with Gasteiger partial charge in [0.05, 0.1) is 31.2 Å². The van der Waals surface area contributed by atoms with Crippen molar-refractivity contribution in [1.82, 2.24) is 24.7 Å². The average Bonchev–Trinajstić information content (AvgIpc) is 3.20. The third kappa shape index (κ3) is 3.81. The normalized spacial score (nSPS) is 19.9. The van der Waals surface area contributed by atoms with Crippen LogP contribution in [0.15, 0.2) is 48.9 Å². The second-order valence-electron chi connectivity index (χ2n) is 9.09. The molecular formula is C25H25ClN6O3. The van der Waals surface area contributed by atoms with Crippen LogP contribution in [-0.2, 0) is 11.3 Å². The number of nitrogens with one attached hydrogen (secondary N) is 1. The van der Waals surface area contributed by atoms with Crippen molar-refractivity contribution in [1.29, 1.82) is 0 Å². The topological polar surface area (TPSA) is 115 Å². The minimum atomic E-state index is -0.242. The molecule has 2 N–H and O–H groups in total. The number of aliphatic hydroxyl groups is 1. The first-order valence-corrected chi connectivity index (χ1v) is 11.4. The summed E-state index contributed by atoms with van der Waals surface area (Å²) < 4.78 is 7.22. The Kier molecular flexibility index (Phi) is 5.90. The zero-order chi connectivity index (χ0) is 23.3. The zero-order valence-corrected chi connectivity index (χ0v) is 20.0. The van der Waals surface area contributed by atoms with Crippen molar-refractivity contribution in [3.05, 3.63) is 48.9 Å². The molecular weight excluding hydrogens is 468 g/mol. The number of aromatic nitrogens is 5. The number of carbonyl (C=O) groups excluding carboxylic acids is 1. The van der Waals surface area contributed by atoms with Gasteiger partial charge in [-0.25, -0.2) is 15.0 Å². The predicted octanol–water partition coefficient (Wildman–Crippen LogP) is 3.72. The van der Waals surface area contributed by atoms with E-state index < -0.39 is 0 Å². The fraction of sp³-hybridized carbons (Fsp3) is 0.320. The molecule has 0 atom stereocenters. The molecule has 0 saturated heterocycles. The third-order valence-electron chi connectivity index (χ3n) is 6.94. The maximum atomic E-state index is 13.0. The first-order chi connectivity index (χ1) is 16.6. The van der Waals surface area contributed by atoms with Crippen LogP contribution in [0.1, 0.15) is 19.3 Å². The number of hydrogen-bond donors (Lipinski definition) is 2. The van der Waals surface area contributed by atoms with Gasteiger partial charge >= 0.3 is 0 Å². The monoisotopic (exact) mass is 492 g/mol. The number of fused-ring (bicyclic) bond motifs is 1. The van der Waals surface area contributed by atoms with Gasteiger partial charge in [0, 0.05) is 23.4 Å². The van der Waals surface area contributed by atoms with Crippen molar-refractivity contribution in [2.45, 2.75) is 25.8 Å². The third-order valence-corrected chi connectivity index (χ3v) is 6.94. The number of nitrogens with zero attached hydrogens (tertiary/aromatic N) is 5. The Morgan fingerprint density at radius 2 is 1.97 bits per heavy atom. The Labute approximate surface area is 208 Å². The lowest BCUT2D eigenvalue weighted by atomic mass is 9.44. The summed E-state index contributed by atoms with van der Waals surface area (Å²) in [4.78, 5) is 26.7. The zero-order valence-electron chi connectivity index (χ0n) is 19.1. The van der Waals surface area contributed by atoms with E-state index in [0.717, 1.165) is 36.1 Å². The van der Waals surface area contributed by atoms with E-state index in [-0.39, 0.29) is 30.3 Å². The Morgan fingerprint density at radius 1 is 1.20 bits per heavy atom. The van der Waals surface area contributed by atoms with E-state index in [1.54, 1.807) is 17.9 Å². The smallest absolute Gasteiger partial charge is 0.231 e. The van der Waals surface area contributed by atoms with Crippen molar-refractivity contribution in [2.24, 2.45) is 11.3 Å². The number of benzene rings is 1. The fourth-order valence-electron chi connectivity index (χ4n) is 5.03. The molecule has 7 rings (SSSR count). The summed E-state index contributed by atoms with van der Waals surface area (Å²) in [5.41, 5.74) is 3.90. The van der Waals surface area contributed by atoms with Gasteiger partial charge in [-0.2, -0.15) is 5.10 Å². The van der Waals surface area contributed by atoms with Gasteiger partial charge in [-0.1, -0.05) is 30.3 Å². The SMILES string of the molecule is COc1cc2ncnc(-c3cn(CCO)nc3-c3ccccc3)c2nc1NC(=O)C12CC(C1)C2.Cl. The highest BCUT2D eigenvalue weighted by Crippen LogP contribution is 2.64. The largest absolute Gasteiger partial charge is 0.493 e. The second-order valence-corrected chi connectivity index (χ2v) is 9.09. The minimum absolute atomic E-state index is 0. The first-order valence-electron chi connectivity index (χ1n) is 11.4. The van der Waals surface area contributed by atoms with Crippen LogP contribution >= 0.6 is 12.4 Å². The summed E-state index contributed by atoms with van der Waals surface area (Å²) in [5, 5.41) is 17.1. The van der Waals surface area contributed by atoms with E-state index in [1.165, 1.54) is 6.33 Å². The number of ether oxygens (including phenoxy) is 1. The van der Waals surface area contributed by atoms with Crippen LogP contribution < -0.4 is 10.1 Å². The summed E-state index contributed by atoms with van der Waals surface area (Å²) in [5.74, 6) is 1.52. The van der Waals surface area contributed by atoms with Crippen molar-refractivity contribution in [3.63, 3.8) is 0 Å². The van der Waals surface area contributed by atoms with E-state index >= 15 is 0 Å². The number of aliphatic hydroxyl groups excluding tert-OH is 1. The summed E-state index contributed by atoms with van der Waals surface area (Å²) >= 11 is 0. The van der Waals surface area contributed by atoms with Crippen LogP contribution in [-0.4, -0.2) is 49.5 Å². The van der Waals surface area contributed by atoms with Gasteiger partial charge in [0.1, 0.15) is 23.2 Å². The summed E-state index contributed by atoms with van der Waals surface area (Å²) in [6, 6.07) is 11.6. The van der Waals surface area contributed by atoms with Crippen molar-refractivity contribution >= 4 is 35.2 Å². The molecule has 1 aromatic carbocycles. The van der Waals surface area contributed by atoms with Crippen LogP contribution in [0.4, 0.5) is 5.82 Å². The van der Waals surface area contributed by atoms with E-state index in [0.29, 0.717) is 40.8 Å². The van der Waals surface area contributed by atoms with Crippen LogP contribution in [0.3, 0.4) is 0 Å². The molecule has 3 aliphatic rings. The van der Waals surface area contributed by atoms with E-state index in [4.69, 9.17) is 9.72 Å². The Hall–Kier alpha value is -3.56. The first kappa shape index (κ1) is 23.2. The predicted molar refractivity (Wildman–Crippen MR) is 133 cm³/mol. The number of anilines is 1. The summed E-state index contributed by atoms with van der Waals surface area (Å²) in [6.45, 7) is 0.322. The molecule has 9 nitrogen and oxygen atoms in total. The molecule has 35 heavy (non-hydrogen) atoms. The minimum Gasteiger partial charge on any atom is -0.493 e. The van der Waals surface area contributed by atoms with Gasteiger partial charge in [0.25, 0.3) is 0 Å². The highest BCUT2D eigenvalue weighted by molar-refractivity contribution is 6.00. The maximum absolute atomic E-state index is 13.0. The summed E-state index contributed by atoms with van der Waals surface area (Å²) in [6.07, 6.45) is 6.19. The number of carbonyl (C=O) groups is 1. The molecule has 3 heterocycles. The molecule has 4 aromatic rings. The van der Waals surface area contributed by atoms with Gasteiger partial charge in [0.15, 0.2) is 11.6 Å². The molecule has 0 aliphatic heterocycles. The van der Waals surface area contributed by atoms with E-state index in [2.05, 4.69) is 20.4 Å². The van der Waals surface area contributed by atoms with Crippen LogP contribution in [0.2, 0.25) is 0 Å². The molecule has 180 valence electrons. The number of methoxy groups -OCH3 is 1. The Morgan fingerprint density at radius 3 is 2.63 bits per heavy atom. The van der Waals surface area contributed by atoms with Gasteiger partial charge in [-0.15, -0.1) is 12.4 Å². The number of pyridine rings is 1. The quantitative estimate of drug-likeness (QED) is 0.404. The number of hydrogen-bond acceptors (Lipinski definition) is 7. The Bertz CT molecular complexity index is 1390. The molecule has 1 amide bonds. The van der Waals surface area contributed by atoms with E-state index in [9.17, 15) is 9.90 Å². The van der Waals surface area contributed by atoms with Crippen LogP contribution in [0.5, 0.6) is 5.75 Å². The van der Waals surface area contributed by atoms with Crippen LogP contribution in [0.25, 0.3) is 33.5 Å². The van der Waals surface area contributed by atoms with Crippen LogP contribution in [0, 0.1) is 11.3 Å². The number of rotatable bonds is 7. The highest BCUT2D eigenvalue weighted by Gasteiger charge is 2.61.